The Morgan fingerprint density at radius 1 is 1.33 bits per heavy atom. The molecule has 118 valence electrons. The van der Waals surface area contributed by atoms with Crippen molar-refractivity contribution in [1.29, 1.82) is 0 Å². The molecule has 2 nitrogen and oxygen atoms in total. The zero-order valence-corrected chi connectivity index (χ0v) is 12.2. The number of alkyl halides is 3. The first kappa shape index (κ1) is 16.1. The van der Waals surface area contributed by atoms with E-state index in [0.29, 0.717) is 12.8 Å². The highest BCUT2D eigenvalue weighted by Crippen LogP contribution is 2.41. The van der Waals surface area contributed by atoms with Crippen LogP contribution in [0.2, 0.25) is 0 Å². The van der Waals surface area contributed by atoms with E-state index in [4.69, 9.17) is 10.5 Å². The maximum atomic E-state index is 12.8. The SMILES string of the molecule is COc1cccc(CC(N)C2CCCC(C(F)(F)F)C2)c1. The molecular weight excluding hydrogens is 279 g/mol. The van der Waals surface area contributed by atoms with Gasteiger partial charge in [0.25, 0.3) is 0 Å². The standard InChI is InChI=1S/C16H22F3NO/c1-21-14-7-2-4-11(8-14)9-15(20)12-5-3-6-13(10-12)16(17,18)19/h2,4,7-8,12-13,15H,3,5-6,9-10,20H2,1H3. The van der Waals surface area contributed by atoms with Crippen LogP contribution >= 0.6 is 0 Å². The third kappa shape index (κ3) is 4.37. The van der Waals surface area contributed by atoms with E-state index in [0.717, 1.165) is 17.7 Å². The van der Waals surface area contributed by atoms with Gasteiger partial charge in [-0.2, -0.15) is 13.2 Å². The number of hydrogen-bond acceptors (Lipinski definition) is 2. The predicted octanol–water partition coefficient (Wildman–Crippen LogP) is 3.93. The van der Waals surface area contributed by atoms with Crippen molar-refractivity contribution in [2.75, 3.05) is 7.11 Å². The summed E-state index contributed by atoms with van der Waals surface area (Å²) < 4.78 is 43.7. The third-order valence-electron chi connectivity index (χ3n) is 4.39. The second-order valence-corrected chi connectivity index (χ2v) is 5.88. The number of hydrogen-bond donors (Lipinski definition) is 1. The molecule has 0 amide bonds. The second kappa shape index (κ2) is 6.69. The first-order chi connectivity index (χ1) is 9.90. The number of methoxy groups -OCH3 is 1. The van der Waals surface area contributed by atoms with Crippen molar-refractivity contribution >= 4 is 0 Å². The van der Waals surface area contributed by atoms with Crippen LogP contribution in [0.1, 0.15) is 31.2 Å². The molecule has 0 saturated heterocycles. The minimum atomic E-state index is -4.09. The summed E-state index contributed by atoms with van der Waals surface area (Å²) >= 11 is 0. The van der Waals surface area contributed by atoms with Crippen molar-refractivity contribution < 1.29 is 17.9 Å². The van der Waals surface area contributed by atoms with Gasteiger partial charge in [-0.25, -0.2) is 0 Å². The molecule has 1 aromatic carbocycles. The molecule has 0 aromatic heterocycles. The smallest absolute Gasteiger partial charge is 0.391 e. The van der Waals surface area contributed by atoms with Crippen molar-refractivity contribution in [3.63, 3.8) is 0 Å². The number of nitrogens with two attached hydrogens (primary N) is 1. The van der Waals surface area contributed by atoms with Gasteiger partial charge in [0.15, 0.2) is 0 Å². The molecule has 1 saturated carbocycles. The molecule has 3 atom stereocenters. The maximum absolute atomic E-state index is 12.8. The number of rotatable bonds is 4. The van der Waals surface area contributed by atoms with E-state index >= 15 is 0 Å². The Balaban J connectivity index is 1.97. The Hall–Kier alpha value is -1.23. The van der Waals surface area contributed by atoms with Crippen LogP contribution < -0.4 is 10.5 Å². The van der Waals surface area contributed by atoms with E-state index in [1.54, 1.807) is 7.11 Å². The molecule has 21 heavy (non-hydrogen) atoms. The van der Waals surface area contributed by atoms with Crippen molar-refractivity contribution in [1.82, 2.24) is 0 Å². The minimum absolute atomic E-state index is 0.0587. The molecule has 1 aliphatic rings. The van der Waals surface area contributed by atoms with Gasteiger partial charge in [-0.3, -0.25) is 0 Å². The molecule has 2 rings (SSSR count). The summed E-state index contributed by atoms with van der Waals surface area (Å²) in [6.45, 7) is 0. The van der Waals surface area contributed by atoms with E-state index < -0.39 is 12.1 Å². The Morgan fingerprint density at radius 3 is 2.76 bits per heavy atom. The topological polar surface area (TPSA) is 35.2 Å². The molecular formula is C16H22F3NO. The van der Waals surface area contributed by atoms with Crippen LogP contribution in [0.15, 0.2) is 24.3 Å². The maximum Gasteiger partial charge on any atom is 0.391 e. The highest BCUT2D eigenvalue weighted by molar-refractivity contribution is 5.29. The quantitative estimate of drug-likeness (QED) is 0.914. The Labute approximate surface area is 123 Å². The van der Waals surface area contributed by atoms with E-state index in [-0.39, 0.29) is 24.8 Å². The van der Waals surface area contributed by atoms with Gasteiger partial charge < -0.3 is 10.5 Å². The van der Waals surface area contributed by atoms with E-state index in [9.17, 15) is 13.2 Å². The number of ether oxygens (including phenoxy) is 1. The van der Waals surface area contributed by atoms with Crippen LogP contribution in [0, 0.1) is 11.8 Å². The van der Waals surface area contributed by atoms with Gasteiger partial charge in [0.05, 0.1) is 13.0 Å². The van der Waals surface area contributed by atoms with Crippen LogP contribution in [0.3, 0.4) is 0 Å². The molecule has 2 N–H and O–H groups in total. The lowest BCUT2D eigenvalue weighted by Crippen LogP contribution is -2.38. The van der Waals surface area contributed by atoms with E-state index in [1.807, 2.05) is 24.3 Å². The van der Waals surface area contributed by atoms with Crippen molar-refractivity contribution in [3.8, 4) is 5.75 Å². The molecule has 1 aromatic rings. The summed E-state index contributed by atoms with van der Waals surface area (Å²) in [5.74, 6) is -0.499. The number of halogens is 3. The fourth-order valence-corrected chi connectivity index (χ4v) is 3.15. The molecule has 0 spiro atoms. The molecule has 0 bridgehead atoms. The zero-order valence-electron chi connectivity index (χ0n) is 12.2. The first-order valence-corrected chi connectivity index (χ1v) is 7.35. The predicted molar refractivity (Wildman–Crippen MR) is 76.2 cm³/mol. The summed E-state index contributed by atoms with van der Waals surface area (Å²) in [5.41, 5.74) is 7.18. The van der Waals surface area contributed by atoms with Crippen LogP contribution in [0.5, 0.6) is 5.75 Å². The lowest BCUT2D eigenvalue weighted by molar-refractivity contribution is -0.186. The largest absolute Gasteiger partial charge is 0.497 e. The normalized spacial score (nSPS) is 24.6. The molecule has 1 aliphatic carbocycles. The summed E-state index contributed by atoms with van der Waals surface area (Å²) in [5, 5.41) is 0. The van der Waals surface area contributed by atoms with Gasteiger partial charge in [0.1, 0.15) is 5.75 Å². The minimum Gasteiger partial charge on any atom is -0.497 e. The zero-order chi connectivity index (χ0) is 15.5. The molecule has 1 fully saturated rings. The lowest BCUT2D eigenvalue weighted by Gasteiger charge is -2.33. The van der Waals surface area contributed by atoms with Crippen LogP contribution in [-0.4, -0.2) is 19.3 Å². The Kier molecular flexibility index (Phi) is 5.14. The van der Waals surface area contributed by atoms with Crippen LogP contribution in [-0.2, 0) is 6.42 Å². The average molecular weight is 301 g/mol. The molecule has 0 heterocycles. The fourth-order valence-electron chi connectivity index (χ4n) is 3.15. The summed E-state index contributed by atoms with van der Waals surface area (Å²) in [4.78, 5) is 0. The van der Waals surface area contributed by atoms with Gasteiger partial charge in [-0.1, -0.05) is 18.6 Å². The van der Waals surface area contributed by atoms with Gasteiger partial charge >= 0.3 is 6.18 Å². The lowest BCUT2D eigenvalue weighted by atomic mass is 9.76. The van der Waals surface area contributed by atoms with Gasteiger partial charge in [0.2, 0.25) is 0 Å². The third-order valence-corrected chi connectivity index (χ3v) is 4.39. The van der Waals surface area contributed by atoms with Crippen molar-refractivity contribution in [2.45, 2.75) is 44.3 Å². The van der Waals surface area contributed by atoms with Gasteiger partial charge in [-0.05, 0) is 49.3 Å². The summed E-state index contributed by atoms with van der Waals surface area (Å²) in [7, 11) is 1.59. The second-order valence-electron chi connectivity index (χ2n) is 5.88. The summed E-state index contributed by atoms with van der Waals surface area (Å²) in [6, 6.07) is 7.31. The van der Waals surface area contributed by atoms with E-state index in [2.05, 4.69) is 0 Å². The molecule has 0 aliphatic heterocycles. The first-order valence-electron chi connectivity index (χ1n) is 7.35. The van der Waals surface area contributed by atoms with Gasteiger partial charge in [0, 0.05) is 6.04 Å². The number of benzene rings is 1. The average Bonchev–Trinajstić information content (AvgIpc) is 2.46. The van der Waals surface area contributed by atoms with Crippen molar-refractivity contribution in [3.05, 3.63) is 29.8 Å². The molecule has 5 heteroatoms. The van der Waals surface area contributed by atoms with Crippen LogP contribution in [0.25, 0.3) is 0 Å². The molecule has 3 unspecified atom stereocenters. The Morgan fingerprint density at radius 2 is 2.10 bits per heavy atom. The molecule has 0 radical (unpaired) electrons. The highest BCUT2D eigenvalue weighted by atomic mass is 19.4. The van der Waals surface area contributed by atoms with Crippen molar-refractivity contribution in [2.24, 2.45) is 17.6 Å². The van der Waals surface area contributed by atoms with Crippen LogP contribution in [0.4, 0.5) is 13.2 Å². The van der Waals surface area contributed by atoms with E-state index in [1.165, 1.54) is 0 Å². The Bertz CT molecular complexity index is 461. The summed E-state index contributed by atoms with van der Waals surface area (Å²) in [6.07, 6.45) is -1.69. The van der Waals surface area contributed by atoms with Gasteiger partial charge in [-0.15, -0.1) is 0 Å². The monoisotopic (exact) mass is 301 g/mol. The highest BCUT2D eigenvalue weighted by Gasteiger charge is 2.43. The fraction of sp³-hybridized carbons (Fsp3) is 0.625.